The molecule has 0 aliphatic carbocycles. The molecule has 1 heterocycles. The molecule has 0 N–H and O–H groups in total. The van der Waals surface area contributed by atoms with E-state index >= 15 is 0 Å². The molecule has 1 aromatic heterocycles. The van der Waals surface area contributed by atoms with E-state index in [1.807, 2.05) is 55.5 Å². The SMILES string of the molecule is Cc1cc(S(=O)(=O)n2c(COc3ccc4ccccc4c3)nc3ccccc32)ccc1Br. The second kappa shape index (κ2) is 8.07. The summed E-state index contributed by atoms with van der Waals surface area (Å²) in [6, 6.07) is 26.0. The third kappa shape index (κ3) is 3.67. The van der Waals surface area contributed by atoms with E-state index in [0.29, 0.717) is 22.6 Å². The standard InChI is InChI=1S/C25H19BrN2O3S/c1-17-14-21(12-13-22(17)26)32(29,30)28-24-9-5-4-8-23(24)27-25(28)16-31-20-11-10-18-6-2-3-7-19(18)15-20/h2-15H,16H2,1H3. The number of nitrogens with zero attached hydrogens (tertiary/aromatic N) is 2. The molecule has 0 unspecified atom stereocenters. The van der Waals surface area contributed by atoms with Crippen molar-refractivity contribution in [3.63, 3.8) is 0 Å². The van der Waals surface area contributed by atoms with E-state index < -0.39 is 10.0 Å². The summed E-state index contributed by atoms with van der Waals surface area (Å²) in [6.45, 7) is 1.88. The largest absolute Gasteiger partial charge is 0.486 e. The van der Waals surface area contributed by atoms with Gasteiger partial charge in [0.2, 0.25) is 0 Å². The van der Waals surface area contributed by atoms with Crippen LogP contribution in [0.4, 0.5) is 0 Å². The Morgan fingerprint density at radius 3 is 2.47 bits per heavy atom. The maximum Gasteiger partial charge on any atom is 0.269 e. The highest BCUT2D eigenvalue weighted by atomic mass is 79.9. The molecule has 0 saturated carbocycles. The van der Waals surface area contributed by atoms with Gasteiger partial charge in [0.25, 0.3) is 10.0 Å². The molecule has 0 radical (unpaired) electrons. The second-order valence-electron chi connectivity index (χ2n) is 7.49. The number of hydrogen-bond donors (Lipinski definition) is 0. The number of fused-ring (bicyclic) bond motifs is 2. The van der Waals surface area contributed by atoms with Crippen LogP contribution in [0.25, 0.3) is 21.8 Å². The highest BCUT2D eigenvalue weighted by Gasteiger charge is 2.25. The average Bonchev–Trinajstić information content (AvgIpc) is 3.18. The highest BCUT2D eigenvalue weighted by molar-refractivity contribution is 9.10. The number of aryl methyl sites for hydroxylation is 1. The molecule has 0 aliphatic rings. The molecule has 0 bridgehead atoms. The fourth-order valence-corrected chi connectivity index (χ4v) is 5.51. The van der Waals surface area contributed by atoms with Gasteiger partial charge < -0.3 is 4.74 Å². The quantitative estimate of drug-likeness (QED) is 0.290. The number of benzene rings is 4. The van der Waals surface area contributed by atoms with Crippen LogP contribution in [0, 0.1) is 6.92 Å². The molecule has 5 nitrogen and oxygen atoms in total. The van der Waals surface area contributed by atoms with Gasteiger partial charge in [-0.15, -0.1) is 0 Å². The maximum atomic E-state index is 13.6. The van der Waals surface area contributed by atoms with Crippen molar-refractivity contribution in [2.75, 3.05) is 0 Å². The van der Waals surface area contributed by atoms with Gasteiger partial charge in [-0.05, 0) is 65.7 Å². The lowest BCUT2D eigenvalue weighted by Gasteiger charge is -2.13. The summed E-state index contributed by atoms with van der Waals surface area (Å²) in [7, 11) is -3.88. The predicted octanol–water partition coefficient (Wildman–Crippen LogP) is 6.08. The van der Waals surface area contributed by atoms with E-state index in [2.05, 4.69) is 20.9 Å². The summed E-state index contributed by atoms with van der Waals surface area (Å²) >= 11 is 3.43. The summed E-state index contributed by atoms with van der Waals surface area (Å²) in [5.41, 5.74) is 1.96. The number of rotatable bonds is 5. The topological polar surface area (TPSA) is 61.2 Å². The first-order chi connectivity index (χ1) is 15.4. The lowest BCUT2D eigenvalue weighted by molar-refractivity contribution is 0.296. The maximum absolute atomic E-state index is 13.6. The van der Waals surface area contributed by atoms with Gasteiger partial charge in [0.1, 0.15) is 12.4 Å². The van der Waals surface area contributed by atoms with Crippen LogP contribution in [0.1, 0.15) is 11.4 Å². The van der Waals surface area contributed by atoms with E-state index in [9.17, 15) is 8.42 Å². The van der Waals surface area contributed by atoms with Crippen LogP contribution in [-0.2, 0) is 16.6 Å². The van der Waals surface area contributed by atoms with Crippen LogP contribution >= 0.6 is 15.9 Å². The molecule has 0 saturated heterocycles. The van der Waals surface area contributed by atoms with E-state index in [1.165, 1.54) is 3.97 Å². The Bertz CT molecular complexity index is 1580. The number of halogens is 1. The van der Waals surface area contributed by atoms with Crippen molar-refractivity contribution in [3.05, 3.63) is 101 Å². The minimum Gasteiger partial charge on any atom is -0.486 e. The van der Waals surface area contributed by atoms with Crippen molar-refractivity contribution >= 4 is 47.8 Å². The van der Waals surface area contributed by atoms with E-state index in [-0.39, 0.29) is 11.5 Å². The Morgan fingerprint density at radius 2 is 1.66 bits per heavy atom. The van der Waals surface area contributed by atoms with Gasteiger partial charge in [0, 0.05) is 4.47 Å². The molecular formula is C25H19BrN2O3S. The number of imidazole rings is 1. The van der Waals surface area contributed by atoms with Crippen molar-refractivity contribution in [3.8, 4) is 5.75 Å². The molecule has 32 heavy (non-hydrogen) atoms. The van der Waals surface area contributed by atoms with Crippen LogP contribution < -0.4 is 4.74 Å². The smallest absolute Gasteiger partial charge is 0.269 e. The summed E-state index contributed by atoms with van der Waals surface area (Å²) in [4.78, 5) is 4.77. The van der Waals surface area contributed by atoms with Crippen molar-refractivity contribution in [2.45, 2.75) is 18.4 Å². The molecule has 0 aliphatic heterocycles. The van der Waals surface area contributed by atoms with Crippen LogP contribution in [0.3, 0.4) is 0 Å². The summed E-state index contributed by atoms with van der Waals surface area (Å²) in [5, 5.41) is 2.16. The minimum absolute atomic E-state index is 0.0156. The Hall–Kier alpha value is -3.16. The van der Waals surface area contributed by atoms with Crippen molar-refractivity contribution in [1.82, 2.24) is 8.96 Å². The van der Waals surface area contributed by atoms with Gasteiger partial charge >= 0.3 is 0 Å². The third-order valence-electron chi connectivity index (χ3n) is 5.34. The molecule has 0 atom stereocenters. The minimum atomic E-state index is -3.88. The molecule has 0 fully saturated rings. The van der Waals surface area contributed by atoms with Crippen molar-refractivity contribution in [2.24, 2.45) is 0 Å². The number of aromatic nitrogens is 2. The number of ether oxygens (including phenoxy) is 1. The van der Waals surface area contributed by atoms with Crippen molar-refractivity contribution < 1.29 is 13.2 Å². The fraction of sp³-hybridized carbons (Fsp3) is 0.0800. The van der Waals surface area contributed by atoms with Gasteiger partial charge in [-0.25, -0.2) is 17.4 Å². The Kier molecular flexibility index (Phi) is 5.23. The highest BCUT2D eigenvalue weighted by Crippen LogP contribution is 2.27. The molecule has 0 amide bonds. The van der Waals surface area contributed by atoms with Crippen LogP contribution in [-0.4, -0.2) is 17.4 Å². The first-order valence-electron chi connectivity index (χ1n) is 10.0. The molecule has 7 heteroatoms. The fourth-order valence-electron chi connectivity index (χ4n) is 3.70. The normalized spacial score (nSPS) is 11.8. The zero-order valence-corrected chi connectivity index (χ0v) is 19.6. The third-order valence-corrected chi connectivity index (χ3v) is 7.97. The summed E-state index contributed by atoms with van der Waals surface area (Å²) in [5.74, 6) is 0.971. The van der Waals surface area contributed by atoms with Gasteiger partial charge in [0.05, 0.1) is 15.9 Å². The molecule has 160 valence electrons. The Balaban J connectivity index is 1.57. The van der Waals surface area contributed by atoms with Gasteiger partial charge in [-0.3, -0.25) is 0 Å². The lowest BCUT2D eigenvalue weighted by atomic mass is 10.1. The van der Waals surface area contributed by atoms with Gasteiger partial charge in [0.15, 0.2) is 5.82 Å². The first-order valence-corrected chi connectivity index (χ1v) is 12.3. The second-order valence-corrected chi connectivity index (χ2v) is 10.1. The Labute approximate surface area is 194 Å². The van der Waals surface area contributed by atoms with Crippen LogP contribution in [0.2, 0.25) is 0 Å². The zero-order valence-electron chi connectivity index (χ0n) is 17.2. The van der Waals surface area contributed by atoms with E-state index in [0.717, 1.165) is 20.8 Å². The summed E-state index contributed by atoms with van der Waals surface area (Å²) in [6.07, 6.45) is 0. The number of hydrogen-bond acceptors (Lipinski definition) is 4. The lowest BCUT2D eigenvalue weighted by Crippen LogP contribution is -2.17. The molecular weight excluding hydrogens is 488 g/mol. The molecule has 4 aromatic carbocycles. The molecule has 5 aromatic rings. The number of para-hydroxylation sites is 2. The monoisotopic (exact) mass is 506 g/mol. The molecule has 0 spiro atoms. The van der Waals surface area contributed by atoms with E-state index in [1.54, 1.807) is 36.4 Å². The predicted molar refractivity (Wildman–Crippen MR) is 129 cm³/mol. The average molecular weight is 507 g/mol. The molecule has 5 rings (SSSR count). The van der Waals surface area contributed by atoms with Crippen LogP contribution in [0.15, 0.2) is 94.3 Å². The first kappa shape index (κ1) is 20.7. The zero-order chi connectivity index (χ0) is 22.3. The van der Waals surface area contributed by atoms with Crippen LogP contribution in [0.5, 0.6) is 5.75 Å². The Morgan fingerprint density at radius 1 is 0.906 bits per heavy atom. The summed E-state index contributed by atoms with van der Waals surface area (Å²) < 4.78 is 35.4. The van der Waals surface area contributed by atoms with Crippen molar-refractivity contribution in [1.29, 1.82) is 0 Å². The van der Waals surface area contributed by atoms with E-state index in [4.69, 9.17) is 4.74 Å². The van der Waals surface area contributed by atoms with Gasteiger partial charge in [-0.1, -0.05) is 58.4 Å². The van der Waals surface area contributed by atoms with Gasteiger partial charge in [-0.2, -0.15) is 0 Å².